The predicted molar refractivity (Wildman–Crippen MR) is 109 cm³/mol. The summed E-state index contributed by atoms with van der Waals surface area (Å²) in [7, 11) is 2.18. The molecule has 1 aromatic rings. The van der Waals surface area contributed by atoms with Gasteiger partial charge >= 0.3 is 0 Å². The van der Waals surface area contributed by atoms with Crippen molar-refractivity contribution in [2.75, 3.05) is 39.8 Å². The third-order valence-electron chi connectivity index (χ3n) is 8.29. The van der Waals surface area contributed by atoms with Crippen molar-refractivity contribution in [1.29, 1.82) is 0 Å². The Morgan fingerprint density at radius 2 is 1.74 bits per heavy atom. The van der Waals surface area contributed by atoms with Gasteiger partial charge in [0.25, 0.3) is 0 Å². The van der Waals surface area contributed by atoms with Crippen molar-refractivity contribution in [2.24, 2.45) is 16.7 Å². The van der Waals surface area contributed by atoms with E-state index in [4.69, 9.17) is 0 Å². The summed E-state index contributed by atoms with van der Waals surface area (Å²) in [5.74, 6) is 1.30. The van der Waals surface area contributed by atoms with Gasteiger partial charge < -0.3 is 4.90 Å². The minimum Gasteiger partial charge on any atom is -0.304 e. The lowest BCUT2D eigenvalue weighted by molar-refractivity contribution is -0.159. The Bertz CT molecular complexity index is 725. The SMILES string of the molecule is CN1CCN(CC(=O)C23CC4CC(C)(C2)CC(c2ccccc2)(C4)C3)CC1. The lowest BCUT2D eigenvalue weighted by atomic mass is 9.38. The molecule has 4 atom stereocenters. The number of rotatable bonds is 4. The van der Waals surface area contributed by atoms with Crippen LogP contribution in [-0.4, -0.2) is 55.4 Å². The molecule has 0 spiro atoms. The molecule has 3 nitrogen and oxygen atoms in total. The molecule has 5 aliphatic rings. The van der Waals surface area contributed by atoms with Crippen LogP contribution < -0.4 is 0 Å². The zero-order valence-electron chi connectivity index (χ0n) is 17.0. The smallest absolute Gasteiger partial charge is 0.153 e. The molecule has 0 radical (unpaired) electrons. The topological polar surface area (TPSA) is 23.6 Å². The molecule has 3 heteroatoms. The van der Waals surface area contributed by atoms with E-state index in [0.717, 1.165) is 51.4 Å². The zero-order valence-corrected chi connectivity index (χ0v) is 17.0. The van der Waals surface area contributed by atoms with Gasteiger partial charge in [-0.15, -0.1) is 0 Å². The maximum Gasteiger partial charge on any atom is 0.153 e. The Kier molecular flexibility index (Phi) is 4.07. The second-order valence-corrected chi connectivity index (χ2v) is 10.7. The number of carbonyl (C=O) groups is 1. The fraction of sp³-hybridized carbons (Fsp3) is 0.708. The van der Waals surface area contributed by atoms with E-state index in [-0.39, 0.29) is 10.8 Å². The standard InChI is InChI=1S/C24H34N2O/c1-22-12-19-13-23(16-22,20-6-4-3-5-7-20)18-24(14-19,17-22)21(27)15-26-10-8-25(2)9-11-26/h3-7,19H,8-18H2,1-2H3. The minimum atomic E-state index is -0.0621. The highest BCUT2D eigenvalue weighted by Crippen LogP contribution is 2.70. The second kappa shape index (κ2) is 6.15. The third kappa shape index (κ3) is 2.98. The molecule has 27 heavy (non-hydrogen) atoms. The number of likely N-dealkylation sites (N-methyl/N-ethyl adjacent to an activating group) is 1. The van der Waals surface area contributed by atoms with Crippen LogP contribution in [0.2, 0.25) is 0 Å². The number of carbonyl (C=O) groups excluding carboxylic acids is 1. The largest absolute Gasteiger partial charge is 0.304 e. The van der Waals surface area contributed by atoms with E-state index < -0.39 is 0 Å². The van der Waals surface area contributed by atoms with Crippen LogP contribution in [-0.2, 0) is 10.2 Å². The van der Waals surface area contributed by atoms with Gasteiger partial charge in [-0.3, -0.25) is 9.69 Å². The van der Waals surface area contributed by atoms with E-state index in [1.807, 2.05) is 0 Å². The van der Waals surface area contributed by atoms with E-state index in [1.54, 1.807) is 0 Å². The average Bonchev–Trinajstić information content (AvgIpc) is 2.62. The number of hydrogen-bond acceptors (Lipinski definition) is 3. The maximum atomic E-state index is 13.7. The summed E-state index contributed by atoms with van der Waals surface area (Å²) in [6, 6.07) is 11.2. The van der Waals surface area contributed by atoms with Crippen LogP contribution in [0.15, 0.2) is 30.3 Å². The molecular formula is C24H34N2O. The number of piperazine rings is 1. The van der Waals surface area contributed by atoms with Crippen LogP contribution in [0.1, 0.15) is 51.0 Å². The molecule has 4 bridgehead atoms. The van der Waals surface area contributed by atoms with Crippen LogP contribution in [0.5, 0.6) is 0 Å². The molecule has 0 amide bonds. The van der Waals surface area contributed by atoms with Crippen molar-refractivity contribution in [3.05, 3.63) is 35.9 Å². The lowest BCUT2D eigenvalue weighted by Crippen LogP contribution is -2.61. The van der Waals surface area contributed by atoms with Gasteiger partial charge in [0.05, 0.1) is 6.54 Å². The maximum absolute atomic E-state index is 13.7. The van der Waals surface area contributed by atoms with Gasteiger partial charge in [-0.2, -0.15) is 0 Å². The van der Waals surface area contributed by atoms with Crippen LogP contribution in [0.3, 0.4) is 0 Å². The lowest BCUT2D eigenvalue weighted by Gasteiger charge is -2.66. The first-order chi connectivity index (χ1) is 12.9. The summed E-state index contributed by atoms with van der Waals surface area (Å²) >= 11 is 0. The quantitative estimate of drug-likeness (QED) is 0.811. The van der Waals surface area contributed by atoms with E-state index in [1.165, 1.54) is 24.8 Å². The van der Waals surface area contributed by atoms with Crippen molar-refractivity contribution in [3.8, 4) is 0 Å². The highest BCUT2D eigenvalue weighted by molar-refractivity contribution is 5.87. The molecule has 5 fully saturated rings. The Balaban J connectivity index is 1.43. The summed E-state index contributed by atoms with van der Waals surface area (Å²) in [6.07, 6.45) is 7.31. The molecule has 1 heterocycles. The van der Waals surface area contributed by atoms with Gasteiger partial charge in [-0.25, -0.2) is 0 Å². The summed E-state index contributed by atoms with van der Waals surface area (Å²) in [5, 5.41) is 0. The molecule has 1 saturated heterocycles. The number of hydrogen-bond donors (Lipinski definition) is 0. The van der Waals surface area contributed by atoms with Crippen molar-refractivity contribution >= 4 is 5.78 Å². The van der Waals surface area contributed by atoms with Gasteiger partial charge in [0.2, 0.25) is 0 Å². The van der Waals surface area contributed by atoms with E-state index in [9.17, 15) is 4.79 Å². The van der Waals surface area contributed by atoms with E-state index >= 15 is 0 Å². The third-order valence-corrected chi connectivity index (χ3v) is 8.29. The Morgan fingerprint density at radius 1 is 1.00 bits per heavy atom. The first-order valence-electron chi connectivity index (χ1n) is 10.9. The Morgan fingerprint density at radius 3 is 2.44 bits per heavy atom. The van der Waals surface area contributed by atoms with Crippen LogP contribution in [0, 0.1) is 16.7 Å². The van der Waals surface area contributed by atoms with Gasteiger partial charge in [0, 0.05) is 31.6 Å². The fourth-order valence-electron chi connectivity index (χ4n) is 7.72. The molecule has 4 unspecified atom stereocenters. The highest BCUT2D eigenvalue weighted by atomic mass is 16.1. The van der Waals surface area contributed by atoms with Gasteiger partial charge in [0.15, 0.2) is 5.78 Å². The monoisotopic (exact) mass is 366 g/mol. The van der Waals surface area contributed by atoms with Gasteiger partial charge in [-0.05, 0) is 67.9 Å². The average molecular weight is 367 g/mol. The molecular weight excluding hydrogens is 332 g/mol. The molecule has 146 valence electrons. The van der Waals surface area contributed by atoms with Crippen molar-refractivity contribution in [3.63, 3.8) is 0 Å². The summed E-state index contributed by atoms with van der Waals surface area (Å²) in [6.45, 7) is 7.43. The van der Waals surface area contributed by atoms with Crippen molar-refractivity contribution in [1.82, 2.24) is 9.80 Å². The second-order valence-electron chi connectivity index (χ2n) is 10.7. The molecule has 1 aromatic carbocycles. The van der Waals surface area contributed by atoms with Gasteiger partial charge in [0.1, 0.15) is 0 Å². The Labute approximate surface area is 164 Å². The van der Waals surface area contributed by atoms with Crippen LogP contribution in [0.25, 0.3) is 0 Å². The van der Waals surface area contributed by atoms with E-state index in [0.29, 0.717) is 17.7 Å². The molecule has 4 aliphatic carbocycles. The molecule has 6 rings (SSSR count). The molecule has 0 N–H and O–H groups in total. The van der Waals surface area contributed by atoms with Crippen LogP contribution >= 0.6 is 0 Å². The number of ketones is 1. The van der Waals surface area contributed by atoms with Crippen molar-refractivity contribution in [2.45, 2.75) is 50.9 Å². The minimum absolute atomic E-state index is 0.0621. The van der Waals surface area contributed by atoms with Crippen LogP contribution in [0.4, 0.5) is 0 Å². The summed E-state index contributed by atoms with van der Waals surface area (Å²) < 4.78 is 0. The molecule has 0 aromatic heterocycles. The van der Waals surface area contributed by atoms with E-state index in [2.05, 4.69) is 54.1 Å². The number of nitrogens with zero attached hydrogens (tertiary/aromatic N) is 2. The normalized spacial score (nSPS) is 41.8. The predicted octanol–water partition coefficient (Wildman–Crippen LogP) is 3.73. The van der Waals surface area contributed by atoms with Gasteiger partial charge in [-0.1, -0.05) is 37.3 Å². The summed E-state index contributed by atoms with van der Waals surface area (Å²) in [5.41, 5.74) is 2.03. The first-order valence-corrected chi connectivity index (χ1v) is 10.9. The number of Topliss-reactive ketones (excluding diaryl/α,β-unsaturated/α-hetero) is 1. The highest BCUT2D eigenvalue weighted by Gasteiger charge is 2.64. The fourth-order valence-corrected chi connectivity index (χ4v) is 7.72. The molecule has 1 aliphatic heterocycles. The molecule has 4 saturated carbocycles. The summed E-state index contributed by atoms with van der Waals surface area (Å²) in [4.78, 5) is 18.5. The van der Waals surface area contributed by atoms with Crippen molar-refractivity contribution < 1.29 is 4.79 Å². The first kappa shape index (κ1) is 17.9. The zero-order chi connectivity index (χ0) is 18.7. The number of benzene rings is 1. The Hall–Kier alpha value is -1.19.